The van der Waals surface area contributed by atoms with Crippen molar-refractivity contribution in [3.63, 3.8) is 0 Å². The Hall–Kier alpha value is -0.130. The molecule has 4 nitrogen and oxygen atoms in total. The van der Waals surface area contributed by atoms with Gasteiger partial charge >= 0.3 is 0 Å². The van der Waals surface area contributed by atoms with Crippen molar-refractivity contribution in [2.75, 3.05) is 25.4 Å². The van der Waals surface area contributed by atoms with Gasteiger partial charge in [-0.15, -0.1) is 0 Å². The maximum atomic E-state index is 11.7. The third-order valence-corrected chi connectivity index (χ3v) is 4.15. The van der Waals surface area contributed by atoms with Crippen molar-refractivity contribution in [2.45, 2.75) is 33.1 Å². The minimum Gasteiger partial charge on any atom is -0.330 e. The lowest BCUT2D eigenvalue weighted by Gasteiger charge is -2.19. The van der Waals surface area contributed by atoms with Gasteiger partial charge in [-0.25, -0.2) is 12.7 Å². The lowest BCUT2D eigenvalue weighted by molar-refractivity contribution is 0.418. The van der Waals surface area contributed by atoms with Crippen LogP contribution in [-0.2, 0) is 10.0 Å². The molecule has 14 heavy (non-hydrogen) atoms. The number of unbranched alkanes of at least 4 members (excludes halogenated alkanes) is 1. The Kier molecular flexibility index (Phi) is 7.13. The molecule has 2 N–H and O–H groups in total. The van der Waals surface area contributed by atoms with E-state index in [1.54, 1.807) is 4.31 Å². The normalized spacial score (nSPS) is 12.3. The van der Waals surface area contributed by atoms with Crippen LogP contribution in [0.1, 0.15) is 33.1 Å². The van der Waals surface area contributed by atoms with E-state index in [1.807, 2.05) is 6.92 Å². The fourth-order valence-corrected chi connectivity index (χ4v) is 2.81. The Labute approximate surface area is 87.5 Å². The van der Waals surface area contributed by atoms with Gasteiger partial charge in [0.25, 0.3) is 0 Å². The van der Waals surface area contributed by atoms with Crippen molar-refractivity contribution in [1.29, 1.82) is 0 Å². The fourth-order valence-electron chi connectivity index (χ4n) is 1.22. The molecule has 0 aromatic heterocycles. The molecule has 0 rings (SSSR count). The summed E-state index contributed by atoms with van der Waals surface area (Å²) < 4.78 is 24.9. The van der Waals surface area contributed by atoms with Crippen molar-refractivity contribution in [3.8, 4) is 0 Å². The minimum atomic E-state index is -3.05. The van der Waals surface area contributed by atoms with E-state index in [9.17, 15) is 8.42 Å². The van der Waals surface area contributed by atoms with Gasteiger partial charge < -0.3 is 5.73 Å². The second kappa shape index (κ2) is 7.20. The van der Waals surface area contributed by atoms with Gasteiger partial charge in [-0.2, -0.15) is 0 Å². The first-order valence-electron chi connectivity index (χ1n) is 5.26. The zero-order valence-corrected chi connectivity index (χ0v) is 10.0. The fraction of sp³-hybridized carbons (Fsp3) is 1.00. The summed E-state index contributed by atoms with van der Waals surface area (Å²) in [7, 11) is -3.05. The predicted octanol–water partition coefficient (Wildman–Crippen LogP) is 0.787. The van der Waals surface area contributed by atoms with E-state index in [0.717, 1.165) is 12.8 Å². The maximum Gasteiger partial charge on any atom is 0.214 e. The van der Waals surface area contributed by atoms with Crippen LogP contribution in [-0.4, -0.2) is 38.1 Å². The molecule has 86 valence electrons. The summed E-state index contributed by atoms with van der Waals surface area (Å²) >= 11 is 0. The standard InChI is InChI=1S/C9H22N2O2S/c1-3-5-8-11(4-2)14(12,13)9-6-7-10/h3-10H2,1-2H3. The third-order valence-electron chi connectivity index (χ3n) is 2.11. The molecule has 0 saturated carbocycles. The van der Waals surface area contributed by atoms with Crippen LogP contribution in [0.3, 0.4) is 0 Å². The van der Waals surface area contributed by atoms with E-state index in [4.69, 9.17) is 5.73 Å². The van der Waals surface area contributed by atoms with E-state index >= 15 is 0 Å². The second-order valence-corrected chi connectivity index (χ2v) is 5.39. The molecule has 0 saturated heterocycles. The number of rotatable bonds is 8. The summed E-state index contributed by atoms with van der Waals surface area (Å²) in [5.74, 6) is 0.182. The Morgan fingerprint density at radius 1 is 1.21 bits per heavy atom. The van der Waals surface area contributed by atoms with Crippen LogP contribution in [0, 0.1) is 0 Å². The van der Waals surface area contributed by atoms with Crippen molar-refractivity contribution < 1.29 is 8.42 Å². The zero-order valence-electron chi connectivity index (χ0n) is 9.20. The lowest BCUT2D eigenvalue weighted by Crippen LogP contribution is -2.34. The minimum absolute atomic E-state index is 0.182. The Morgan fingerprint density at radius 2 is 1.86 bits per heavy atom. The molecule has 0 aromatic rings. The van der Waals surface area contributed by atoms with Gasteiger partial charge in [0, 0.05) is 13.1 Å². The molecule has 0 aliphatic heterocycles. The smallest absolute Gasteiger partial charge is 0.214 e. The van der Waals surface area contributed by atoms with Gasteiger partial charge in [0.05, 0.1) is 5.75 Å². The molecule has 0 bridgehead atoms. The first-order valence-corrected chi connectivity index (χ1v) is 6.87. The van der Waals surface area contributed by atoms with Crippen LogP contribution in [0.15, 0.2) is 0 Å². The van der Waals surface area contributed by atoms with Crippen LogP contribution in [0.4, 0.5) is 0 Å². The molecular weight excluding hydrogens is 200 g/mol. The van der Waals surface area contributed by atoms with Gasteiger partial charge in [0.2, 0.25) is 10.0 Å². The highest BCUT2D eigenvalue weighted by molar-refractivity contribution is 7.89. The van der Waals surface area contributed by atoms with Crippen molar-refractivity contribution in [1.82, 2.24) is 4.31 Å². The van der Waals surface area contributed by atoms with Crippen LogP contribution >= 0.6 is 0 Å². The number of hydrogen-bond acceptors (Lipinski definition) is 3. The van der Waals surface area contributed by atoms with E-state index in [2.05, 4.69) is 6.92 Å². The molecule has 0 fully saturated rings. The van der Waals surface area contributed by atoms with Crippen LogP contribution < -0.4 is 5.73 Å². The highest BCUT2D eigenvalue weighted by Crippen LogP contribution is 2.04. The number of sulfonamides is 1. The van der Waals surface area contributed by atoms with E-state index in [-0.39, 0.29) is 5.75 Å². The highest BCUT2D eigenvalue weighted by Gasteiger charge is 2.18. The van der Waals surface area contributed by atoms with Gasteiger partial charge in [-0.1, -0.05) is 20.3 Å². The Morgan fingerprint density at radius 3 is 2.29 bits per heavy atom. The first kappa shape index (κ1) is 13.9. The van der Waals surface area contributed by atoms with Crippen molar-refractivity contribution in [2.24, 2.45) is 5.73 Å². The van der Waals surface area contributed by atoms with E-state index in [1.165, 1.54) is 0 Å². The maximum absolute atomic E-state index is 11.7. The van der Waals surface area contributed by atoms with Crippen molar-refractivity contribution >= 4 is 10.0 Å². The summed E-state index contributed by atoms with van der Waals surface area (Å²) in [5, 5.41) is 0. The average molecular weight is 222 g/mol. The molecule has 0 aliphatic rings. The second-order valence-electron chi connectivity index (χ2n) is 3.30. The van der Waals surface area contributed by atoms with Gasteiger partial charge in [0.1, 0.15) is 0 Å². The number of hydrogen-bond donors (Lipinski definition) is 1. The largest absolute Gasteiger partial charge is 0.330 e. The molecule has 0 aromatic carbocycles. The molecular formula is C9H22N2O2S. The summed E-state index contributed by atoms with van der Waals surface area (Å²) in [5.41, 5.74) is 5.29. The van der Waals surface area contributed by atoms with E-state index < -0.39 is 10.0 Å². The van der Waals surface area contributed by atoms with Crippen molar-refractivity contribution in [3.05, 3.63) is 0 Å². The van der Waals surface area contributed by atoms with Gasteiger partial charge in [-0.3, -0.25) is 0 Å². The first-order chi connectivity index (χ1) is 6.58. The lowest BCUT2D eigenvalue weighted by atomic mass is 10.3. The van der Waals surface area contributed by atoms with Gasteiger partial charge in [-0.05, 0) is 19.4 Å². The van der Waals surface area contributed by atoms with Crippen LogP contribution in [0.2, 0.25) is 0 Å². The molecule has 0 spiro atoms. The number of nitrogens with two attached hydrogens (primary N) is 1. The zero-order chi connectivity index (χ0) is 11.0. The number of nitrogens with zero attached hydrogens (tertiary/aromatic N) is 1. The van der Waals surface area contributed by atoms with Gasteiger partial charge in [0.15, 0.2) is 0 Å². The summed E-state index contributed by atoms with van der Waals surface area (Å²) in [6.07, 6.45) is 2.49. The predicted molar refractivity (Wildman–Crippen MR) is 59.6 cm³/mol. The molecule has 0 heterocycles. The highest BCUT2D eigenvalue weighted by atomic mass is 32.2. The van der Waals surface area contributed by atoms with Crippen LogP contribution in [0.5, 0.6) is 0 Å². The molecule has 0 unspecified atom stereocenters. The monoisotopic (exact) mass is 222 g/mol. The summed E-state index contributed by atoms with van der Waals surface area (Å²) in [4.78, 5) is 0. The SMILES string of the molecule is CCCCN(CC)S(=O)(=O)CCCN. The summed E-state index contributed by atoms with van der Waals surface area (Å²) in [6, 6.07) is 0. The Bertz CT molecular complexity index is 227. The molecule has 0 radical (unpaired) electrons. The topological polar surface area (TPSA) is 63.4 Å². The average Bonchev–Trinajstić information content (AvgIpc) is 2.16. The van der Waals surface area contributed by atoms with Crippen LogP contribution in [0.25, 0.3) is 0 Å². The molecule has 0 aliphatic carbocycles. The molecule has 5 heteroatoms. The Balaban J connectivity index is 4.19. The summed E-state index contributed by atoms with van der Waals surface area (Å²) in [6.45, 7) is 5.56. The quantitative estimate of drug-likeness (QED) is 0.660. The molecule has 0 amide bonds. The third kappa shape index (κ3) is 4.93. The van der Waals surface area contributed by atoms with E-state index in [0.29, 0.717) is 26.1 Å². The molecule has 0 atom stereocenters.